The number of hydrogen-bond donors (Lipinski definition) is 2. The Morgan fingerprint density at radius 2 is 2.27 bits per heavy atom. The first-order valence-corrected chi connectivity index (χ1v) is 3.68. The molecule has 0 aromatic rings. The van der Waals surface area contributed by atoms with Gasteiger partial charge in [0.15, 0.2) is 0 Å². The van der Waals surface area contributed by atoms with Crippen LogP contribution in [0.5, 0.6) is 0 Å². The van der Waals surface area contributed by atoms with Crippen molar-refractivity contribution in [2.75, 3.05) is 6.54 Å². The molecule has 66 valence electrons. The molecular weight excluding hydrogens is 166 g/mol. The second kappa shape index (κ2) is 4.57. The number of carboxylic acid groups (broad SMARTS) is 1. The van der Waals surface area contributed by atoms with Crippen LogP contribution in [0.4, 0.5) is 0 Å². The molecule has 1 rings (SSSR count). The predicted molar refractivity (Wildman–Crippen MR) is 45.1 cm³/mol. The van der Waals surface area contributed by atoms with Gasteiger partial charge in [0.05, 0.1) is 0 Å². The third-order valence-corrected chi connectivity index (χ3v) is 2.04. The van der Waals surface area contributed by atoms with Gasteiger partial charge in [-0.1, -0.05) is 6.92 Å². The Kier molecular flexibility index (Phi) is 4.45. The highest BCUT2D eigenvalue weighted by Crippen LogP contribution is 2.14. The summed E-state index contributed by atoms with van der Waals surface area (Å²) < 4.78 is 0. The Morgan fingerprint density at radius 3 is 2.64 bits per heavy atom. The lowest BCUT2D eigenvalue weighted by Crippen LogP contribution is -2.45. The maximum absolute atomic E-state index is 10.5. The van der Waals surface area contributed by atoms with Crippen LogP contribution in [0, 0.1) is 5.92 Å². The molecule has 0 bridgehead atoms. The van der Waals surface area contributed by atoms with Crippen molar-refractivity contribution in [3.63, 3.8) is 0 Å². The molecule has 0 amide bonds. The van der Waals surface area contributed by atoms with Crippen molar-refractivity contribution in [2.45, 2.75) is 25.8 Å². The highest BCUT2D eigenvalue weighted by molar-refractivity contribution is 5.85. The fourth-order valence-electron chi connectivity index (χ4n) is 1.38. The summed E-state index contributed by atoms with van der Waals surface area (Å²) in [7, 11) is 0. The molecule has 1 aliphatic heterocycles. The minimum absolute atomic E-state index is 0. The second-order valence-electron chi connectivity index (χ2n) is 2.89. The van der Waals surface area contributed by atoms with E-state index in [9.17, 15) is 4.79 Å². The van der Waals surface area contributed by atoms with Crippen LogP contribution in [0.1, 0.15) is 19.8 Å². The normalized spacial score (nSPS) is 30.6. The first-order valence-electron chi connectivity index (χ1n) is 3.68. The topological polar surface area (TPSA) is 49.3 Å². The molecule has 0 spiro atoms. The molecule has 1 heterocycles. The number of carbonyl (C=O) groups is 1. The lowest BCUT2D eigenvalue weighted by atomic mass is 9.93. The third-order valence-electron chi connectivity index (χ3n) is 2.04. The quantitative estimate of drug-likeness (QED) is 0.629. The first-order chi connectivity index (χ1) is 4.72. The van der Waals surface area contributed by atoms with E-state index in [0.29, 0.717) is 0 Å². The van der Waals surface area contributed by atoms with Crippen molar-refractivity contribution < 1.29 is 9.90 Å². The van der Waals surface area contributed by atoms with E-state index in [2.05, 4.69) is 5.32 Å². The minimum atomic E-state index is -0.716. The molecule has 2 atom stereocenters. The number of halogens is 1. The van der Waals surface area contributed by atoms with Crippen molar-refractivity contribution >= 4 is 18.4 Å². The number of rotatable bonds is 1. The Hall–Kier alpha value is -0.280. The molecule has 2 N–H and O–H groups in total. The van der Waals surface area contributed by atoms with Crippen LogP contribution in [0.15, 0.2) is 0 Å². The molecular formula is C7H14ClNO2. The summed E-state index contributed by atoms with van der Waals surface area (Å²) in [4.78, 5) is 10.5. The van der Waals surface area contributed by atoms with Crippen molar-refractivity contribution in [2.24, 2.45) is 5.92 Å². The number of piperidine rings is 1. The molecule has 3 nitrogen and oxygen atoms in total. The fraction of sp³-hybridized carbons (Fsp3) is 0.857. The highest BCUT2D eigenvalue weighted by Gasteiger charge is 2.26. The zero-order chi connectivity index (χ0) is 7.56. The Bertz CT molecular complexity index is 140. The van der Waals surface area contributed by atoms with E-state index in [0.717, 1.165) is 19.4 Å². The molecule has 1 aliphatic rings. The van der Waals surface area contributed by atoms with Gasteiger partial charge in [0, 0.05) is 0 Å². The molecule has 0 radical (unpaired) electrons. The van der Waals surface area contributed by atoms with Gasteiger partial charge in [-0.05, 0) is 25.3 Å². The van der Waals surface area contributed by atoms with E-state index in [4.69, 9.17) is 5.11 Å². The van der Waals surface area contributed by atoms with Crippen LogP contribution < -0.4 is 5.32 Å². The highest BCUT2D eigenvalue weighted by atomic mass is 35.5. The lowest BCUT2D eigenvalue weighted by molar-refractivity contribution is -0.141. The van der Waals surface area contributed by atoms with Crippen LogP contribution in [0.25, 0.3) is 0 Å². The van der Waals surface area contributed by atoms with Gasteiger partial charge in [0.1, 0.15) is 6.04 Å². The summed E-state index contributed by atoms with van der Waals surface area (Å²) >= 11 is 0. The molecule has 0 saturated carbocycles. The Morgan fingerprint density at radius 1 is 1.64 bits per heavy atom. The van der Waals surface area contributed by atoms with E-state index in [1.54, 1.807) is 0 Å². The van der Waals surface area contributed by atoms with Crippen LogP contribution in [-0.2, 0) is 4.79 Å². The molecule has 0 aromatic heterocycles. The number of nitrogens with one attached hydrogen (secondary N) is 1. The van der Waals surface area contributed by atoms with Crippen molar-refractivity contribution in [1.29, 1.82) is 0 Å². The van der Waals surface area contributed by atoms with Crippen molar-refractivity contribution in [1.82, 2.24) is 5.32 Å². The number of aliphatic carboxylic acids is 1. The van der Waals surface area contributed by atoms with E-state index < -0.39 is 5.97 Å². The van der Waals surface area contributed by atoms with Crippen LogP contribution in [-0.4, -0.2) is 23.7 Å². The van der Waals surface area contributed by atoms with E-state index in [1.165, 1.54) is 0 Å². The Labute approximate surface area is 72.6 Å². The number of hydrogen-bond acceptors (Lipinski definition) is 2. The monoisotopic (exact) mass is 179 g/mol. The fourth-order valence-corrected chi connectivity index (χ4v) is 1.38. The number of carboxylic acids is 1. The Balaban J connectivity index is 0.000001000. The van der Waals surface area contributed by atoms with Crippen molar-refractivity contribution in [3.8, 4) is 0 Å². The zero-order valence-corrected chi connectivity index (χ0v) is 7.36. The van der Waals surface area contributed by atoms with E-state index in [1.807, 2.05) is 6.92 Å². The zero-order valence-electron chi connectivity index (χ0n) is 6.54. The molecule has 1 fully saturated rings. The smallest absolute Gasteiger partial charge is 0.320 e. The van der Waals surface area contributed by atoms with Gasteiger partial charge in [0.2, 0.25) is 0 Å². The van der Waals surface area contributed by atoms with Crippen LogP contribution in [0.2, 0.25) is 0 Å². The SMILES string of the molecule is C[C@@H]1CCCN[C@@H]1C(=O)O.Cl. The van der Waals surface area contributed by atoms with Gasteiger partial charge in [-0.25, -0.2) is 0 Å². The van der Waals surface area contributed by atoms with Gasteiger partial charge in [-0.15, -0.1) is 12.4 Å². The van der Waals surface area contributed by atoms with Gasteiger partial charge in [0.25, 0.3) is 0 Å². The van der Waals surface area contributed by atoms with Crippen LogP contribution >= 0.6 is 12.4 Å². The molecule has 11 heavy (non-hydrogen) atoms. The van der Waals surface area contributed by atoms with Gasteiger partial charge in [-0.3, -0.25) is 4.79 Å². The van der Waals surface area contributed by atoms with Crippen molar-refractivity contribution in [3.05, 3.63) is 0 Å². The van der Waals surface area contributed by atoms with E-state index in [-0.39, 0.29) is 24.4 Å². The lowest BCUT2D eigenvalue weighted by Gasteiger charge is -2.26. The van der Waals surface area contributed by atoms with Crippen LogP contribution in [0.3, 0.4) is 0 Å². The molecule has 1 saturated heterocycles. The minimum Gasteiger partial charge on any atom is -0.480 e. The van der Waals surface area contributed by atoms with Gasteiger partial charge < -0.3 is 10.4 Å². The molecule has 0 unspecified atom stereocenters. The second-order valence-corrected chi connectivity index (χ2v) is 2.89. The van der Waals surface area contributed by atoms with Gasteiger partial charge in [-0.2, -0.15) is 0 Å². The molecule has 4 heteroatoms. The summed E-state index contributed by atoms with van der Waals surface area (Å²) in [5.74, 6) is -0.432. The van der Waals surface area contributed by atoms with Gasteiger partial charge >= 0.3 is 5.97 Å². The van der Waals surface area contributed by atoms with E-state index >= 15 is 0 Å². The average Bonchev–Trinajstić information content (AvgIpc) is 1.88. The third kappa shape index (κ3) is 2.67. The summed E-state index contributed by atoms with van der Waals surface area (Å²) in [5, 5.41) is 11.6. The molecule has 0 aromatic carbocycles. The largest absolute Gasteiger partial charge is 0.480 e. The maximum atomic E-state index is 10.5. The average molecular weight is 180 g/mol. The standard InChI is InChI=1S/C7H13NO2.ClH/c1-5-3-2-4-8-6(5)7(9)10;/h5-6,8H,2-4H2,1H3,(H,9,10);1H/t5-,6+;/m1./s1. The maximum Gasteiger partial charge on any atom is 0.320 e. The summed E-state index contributed by atoms with van der Waals surface area (Å²) in [6, 6.07) is -0.311. The first kappa shape index (κ1) is 10.7. The summed E-state index contributed by atoms with van der Waals surface area (Å²) in [6.07, 6.45) is 2.13. The summed E-state index contributed by atoms with van der Waals surface area (Å²) in [5.41, 5.74) is 0. The summed E-state index contributed by atoms with van der Waals surface area (Å²) in [6.45, 7) is 2.83. The molecule has 0 aliphatic carbocycles. The predicted octanol–water partition coefficient (Wildman–Crippen LogP) is 0.881.